The second kappa shape index (κ2) is 4.74. The minimum atomic E-state index is 0.567. The normalized spacial score (nSPS) is 11.1. The Balaban J connectivity index is 2.46. The lowest BCUT2D eigenvalue weighted by Crippen LogP contribution is -2.16. The molecule has 1 aromatic carbocycles. The van der Waals surface area contributed by atoms with Gasteiger partial charge in [-0.25, -0.2) is 4.98 Å². The summed E-state index contributed by atoms with van der Waals surface area (Å²) in [5.41, 5.74) is 2.45. The number of hydrogen-bond acceptors (Lipinski definition) is 2. The fourth-order valence-electron chi connectivity index (χ4n) is 1.87. The first-order valence-corrected chi connectivity index (χ1v) is 6.23. The summed E-state index contributed by atoms with van der Waals surface area (Å²) in [4.78, 5) is 6.82. The highest BCUT2D eigenvalue weighted by molar-refractivity contribution is 5.81. The summed E-state index contributed by atoms with van der Waals surface area (Å²) in [5.74, 6) is 1.61. The summed E-state index contributed by atoms with van der Waals surface area (Å²) in [6, 6.07) is 10.8. The molecule has 0 aliphatic carbocycles. The fraction of sp³-hybridized carbons (Fsp3) is 0.400. The van der Waals surface area contributed by atoms with E-state index in [-0.39, 0.29) is 0 Å². The summed E-state index contributed by atoms with van der Waals surface area (Å²) < 4.78 is 0. The van der Waals surface area contributed by atoms with E-state index in [0.717, 1.165) is 17.9 Å². The zero-order valence-electron chi connectivity index (χ0n) is 11.1. The number of benzene rings is 1. The fourth-order valence-corrected chi connectivity index (χ4v) is 1.87. The molecule has 0 saturated heterocycles. The van der Waals surface area contributed by atoms with E-state index in [1.807, 2.05) is 0 Å². The Kier molecular flexibility index (Phi) is 3.32. The van der Waals surface area contributed by atoms with E-state index in [1.165, 1.54) is 10.9 Å². The number of rotatable bonds is 3. The second-order valence-corrected chi connectivity index (χ2v) is 4.79. The molecule has 0 N–H and O–H groups in total. The van der Waals surface area contributed by atoms with Crippen LogP contribution in [0.3, 0.4) is 0 Å². The van der Waals surface area contributed by atoms with Gasteiger partial charge in [0.1, 0.15) is 5.82 Å². The van der Waals surface area contributed by atoms with E-state index in [0.29, 0.717) is 5.92 Å². The number of fused-ring (bicyclic) bond motifs is 1. The molecule has 0 bridgehead atoms. The van der Waals surface area contributed by atoms with Crippen molar-refractivity contribution in [3.63, 3.8) is 0 Å². The van der Waals surface area contributed by atoms with Gasteiger partial charge in [0.05, 0.1) is 5.52 Å². The summed E-state index contributed by atoms with van der Waals surface area (Å²) in [5, 5.41) is 1.23. The summed E-state index contributed by atoms with van der Waals surface area (Å²) >= 11 is 0. The van der Waals surface area contributed by atoms with Crippen LogP contribution < -0.4 is 4.90 Å². The van der Waals surface area contributed by atoms with Crippen molar-refractivity contribution in [2.24, 2.45) is 0 Å². The van der Waals surface area contributed by atoms with E-state index in [1.54, 1.807) is 0 Å². The van der Waals surface area contributed by atoms with Gasteiger partial charge in [-0.15, -0.1) is 0 Å². The molecular formula is C15H20N2. The van der Waals surface area contributed by atoms with Crippen molar-refractivity contribution < 1.29 is 0 Å². The van der Waals surface area contributed by atoms with Crippen LogP contribution >= 0.6 is 0 Å². The molecule has 1 aromatic heterocycles. The average Bonchev–Trinajstić information content (AvgIpc) is 2.36. The molecule has 0 aliphatic rings. The van der Waals surface area contributed by atoms with E-state index in [9.17, 15) is 0 Å². The van der Waals surface area contributed by atoms with Crippen molar-refractivity contribution >= 4 is 16.7 Å². The average molecular weight is 228 g/mol. The van der Waals surface area contributed by atoms with Crippen LogP contribution in [0.25, 0.3) is 10.9 Å². The highest BCUT2D eigenvalue weighted by Gasteiger charge is 2.04. The number of anilines is 1. The van der Waals surface area contributed by atoms with E-state index < -0.39 is 0 Å². The van der Waals surface area contributed by atoms with Crippen LogP contribution in [0.15, 0.2) is 30.3 Å². The molecule has 2 aromatic rings. The number of hydrogen-bond donors (Lipinski definition) is 0. The smallest absolute Gasteiger partial charge is 0.128 e. The van der Waals surface area contributed by atoms with Crippen molar-refractivity contribution in [2.75, 3.05) is 18.5 Å². The summed E-state index contributed by atoms with van der Waals surface area (Å²) in [6.45, 7) is 7.54. The van der Waals surface area contributed by atoms with E-state index in [4.69, 9.17) is 0 Å². The quantitative estimate of drug-likeness (QED) is 0.794. The topological polar surface area (TPSA) is 16.1 Å². The van der Waals surface area contributed by atoms with Gasteiger partial charge in [0.15, 0.2) is 0 Å². The van der Waals surface area contributed by atoms with Gasteiger partial charge in [-0.3, -0.25) is 0 Å². The van der Waals surface area contributed by atoms with Gasteiger partial charge < -0.3 is 4.90 Å². The molecule has 0 fully saturated rings. The third-order valence-corrected chi connectivity index (χ3v) is 3.23. The maximum Gasteiger partial charge on any atom is 0.128 e. The minimum Gasteiger partial charge on any atom is -0.360 e. The lowest BCUT2D eigenvalue weighted by atomic mass is 10.0. The molecule has 0 atom stereocenters. The van der Waals surface area contributed by atoms with E-state index >= 15 is 0 Å². The molecular weight excluding hydrogens is 208 g/mol. The Morgan fingerprint density at radius 1 is 1.18 bits per heavy atom. The third kappa shape index (κ3) is 2.41. The van der Waals surface area contributed by atoms with Gasteiger partial charge in [0.2, 0.25) is 0 Å². The summed E-state index contributed by atoms with van der Waals surface area (Å²) in [6.07, 6.45) is 0. The van der Waals surface area contributed by atoms with Crippen molar-refractivity contribution in [3.05, 3.63) is 35.9 Å². The minimum absolute atomic E-state index is 0.567. The zero-order valence-corrected chi connectivity index (χ0v) is 11.1. The Hall–Kier alpha value is -1.57. The van der Waals surface area contributed by atoms with Crippen LogP contribution in [-0.4, -0.2) is 18.6 Å². The molecule has 2 rings (SSSR count). The summed E-state index contributed by atoms with van der Waals surface area (Å²) in [7, 11) is 2.07. The molecule has 17 heavy (non-hydrogen) atoms. The Morgan fingerprint density at radius 3 is 2.59 bits per heavy atom. The van der Waals surface area contributed by atoms with Gasteiger partial charge >= 0.3 is 0 Å². The van der Waals surface area contributed by atoms with Crippen LogP contribution in [0.2, 0.25) is 0 Å². The van der Waals surface area contributed by atoms with Crippen LogP contribution in [0, 0.1) is 0 Å². The Morgan fingerprint density at radius 2 is 1.94 bits per heavy atom. The first kappa shape index (κ1) is 11.9. The Labute approximate surface area is 103 Å². The molecule has 1 heterocycles. The lowest BCUT2D eigenvalue weighted by molar-refractivity contribution is 0.868. The third-order valence-electron chi connectivity index (χ3n) is 3.23. The molecule has 2 nitrogen and oxygen atoms in total. The molecule has 0 saturated carbocycles. The van der Waals surface area contributed by atoms with Crippen LogP contribution in [0.1, 0.15) is 32.3 Å². The van der Waals surface area contributed by atoms with Crippen molar-refractivity contribution in [3.8, 4) is 0 Å². The lowest BCUT2D eigenvalue weighted by Gasteiger charge is -2.16. The number of nitrogens with zero attached hydrogens (tertiary/aromatic N) is 2. The Bertz CT molecular complexity index is 517. The SMILES string of the molecule is CCN(C)c1ccc2cc(C(C)C)ccc2n1. The highest BCUT2D eigenvalue weighted by atomic mass is 15.1. The molecule has 0 aliphatic heterocycles. The molecule has 2 heteroatoms. The number of pyridine rings is 1. The van der Waals surface area contributed by atoms with Gasteiger partial charge in [0, 0.05) is 19.0 Å². The molecule has 0 spiro atoms. The first-order valence-electron chi connectivity index (χ1n) is 6.23. The largest absolute Gasteiger partial charge is 0.360 e. The maximum absolute atomic E-state index is 4.67. The predicted octanol–water partition coefficient (Wildman–Crippen LogP) is 3.81. The zero-order chi connectivity index (χ0) is 12.4. The van der Waals surface area contributed by atoms with E-state index in [2.05, 4.69) is 68.0 Å². The highest BCUT2D eigenvalue weighted by Crippen LogP contribution is 2.22. The van der Waals surface area contributed by atoms with Crippen LogP contribution in [-0.2, 0) is 0 Å². The molecule has 90 valence electrons. The van der Waals surface area contributed by atoms with Crippen molar-refractivity contribution in [2.45, 2.75) is 26.7 Å². The maximum atomic E-state index is 4.67. The van der Waals surface area contributed by atoms with Crippen molar-refractivity contribution in [1.82, 2.24) is 4.98 Å². The standard InChI is InChI=1S/C15H20N2/c1-5-17(4)15-9-7-13-10-12(11(2)3)6-8-14(13)16-15/h6-11H,5H2,1-4H3. The molecule has 0 amide bonds. The second-order valence-electron chi connectivity index (χ2n) is 4.79. The van der Waals surface area contributed by atoms with Crippen molar-refractivity contribution in [1.29, 1.82) is 0 Å². The molecule has 0 radical (unpaired) electrons. The van der Waals surface area contributed by atoms with Crippen LogP contribution in [0.5, 0.6) is 0 Å². The monoisotopic (exact) mass is 228 g/mol. The van der Waals surface area contributed by atoms with Gasteiger partial charge in [-0.1, -0.05) is 19.9 Å². The first-order chi connectivity index (χ1) is 8.11. The van der Waals surface area contributed by atoms with Gasteiger partial charge in [-0.2, -0.15) is 0 Å². The number of aromatic nitrogens is 1. The van der Waals surface area contributed by atoms with Gasteiger partial charge in [-0.05, 0) is 42.7 Å². The predicted molar refractivity (Wildman–Crippen MR) is 74.8 cm³/mol. The molecule has 0 unspecified atom stereocenters. The van der Waals surface area contributed by atoms with Crippen LogP contribution in [0.4, 0.5) is 5.82 Å². The van der Waals surface area contributed by atoms with Gasteiger partial charge in [0.25, 0.3) is 0 Å².